The predicted molar refractivity (Wildman–Crippen MR) is 107 cm³/mol. The van der Waals surface area contributed by atoms with Gasteiger partial charge in [-0.1, -0.05) is 42.5 Å². The smallest absolute Gasteiger partial charge is 0.245 e. The molecule has 3 aromatic carbocycles. The van der Waals surface area contributed by atoms with Gasteiger partial charge in [0.15, 0.2) is 11.0 Å². The molecule has 0 saturated heterocycles. The lowest BCUT2D eigenvalue weighted by molar-refractivity contribution is -0.663. The van der Waals surface area contributed by atoms with Crippen LogP contribution in [0.15, 0.2) is 73.1 Å². The van der Waals surface area contributed by atoms with Crippen molar-refractivity contribution in [3.05, 3.63) is 101 Å². The van der Waals surface area contributed by atoms with Crippen molar-refractivity contribution in [2.75, 3.05) is 0 Å². The highest BCUT2D eigenvalue weighted by Gasteiger charge is 2.17. The van der Waals surface area contributed by atoms with Crippen LogP contribution in [-0.4, -0.2) is 4.57 Å². The topological polar surface area (TPSA) is 32.6 Å². The van der Waals surface area contributed by atoms with E-state index in [-0.39, 0.29) is 17.0 Å². The van der Waals surface area contributed by atoms with Crippen molar-refractivity contribution in [2.24, 2.45) is 0 Å². The Balaban J connectivity index is 0.00000225. The lowest BCUT2D eigenvalue weighted by atomic mass is 10.1. The van der Waals surface area contributed by atoms with E-state index in [2.05, 4.69) is 77.8 Å². The minimum atomic E-state index is 0. The van der Waals surface area contributed by atoms with Gasteiger partial charge in [0.25, 0.3) is 0 Å². The zero-order valence-electron chi connectivity index (χ0n) is 16.1. The van der Waals surface area contributed by atoms with Gasteiger partial charge in [0.05, 0.1) is 11.6 Å². The third-order valence-corrected chi connectivity index (χ3v) is 5.12. The number of aromatic nitrogens is 2. The van der Waals surface area contributed by atoms with Crippen LogP contribution in [0.4, 0.5) is 0 Å². The first kappa shape index (κ1) is 19.9. The molecular formula is C24H22BrN3. The van der Waals surface area contributed by atoms with Gasteiger partial charge in [-0.3, -0.25) is 0 Å². The zero-order valence-corrected chi connectivity index (χ0v) is 17.6. The molecule has 0 radical (unpaired) electrons. The minimum absolute atomic E-state index is 0. The standard InChI is InChI=1S/C24H22N3.BrH/c1-18-12-23-24(13-19(18)2)27(16-22-10-8-20(14-25)9-11-22)17-26(23)15-21-6-4-3-5-7-21;/h3-13,17H,15-16H2,1-2H3;1H/q+1;/p-1. The van der Waals surface area contributed by atoms with E-state index in [1.165, 1.54) is 33.3 Å². The second-order valence-corrected chi connectivity index (χ2v) is 7.09. The maximum absolute atomic E-state index is 9.00. The largest absolute Gasteiger partial charge is 1.00 e. The van der Waals surface area contributed by atoms with Gasteiger partial charge in [-0.15, -0.1) is 0 Å². The number of imidazole rings is 1. The number of fused-ring (bicyclic) bond motifs is 1. The van der Waals surface area contributed by atoms with E-state index in [0.29, 0.717) is 5.56 Å². The molecule has 4 rings (SSSR count). The molecule has 0 spiro atoms. The quantitative estimate of drug-likeness (QED) is 0.450. The van der Waals surface area contributed by atoms with Crippen LogP contribution in [-0.2, 0) is 13.1 Å². The van der Waals surface area contributed by atoms with Crippen molar-refractivity contribution in [3.63, 3.8) is 0 Å². The van der Waals surface area contributed by atoms with Gasteiger partial charge < -0.3 is 17.0 Å². The summed E-state index contributed by atoms with van der Waals surface area (Å²) in [6, 6.07) is 25.1. The zero-order chi connectivity index (χ0) is 18.8. The molecule has 4 heteroatoms. The fourth-order valence-electron chi connectivity index (χ4n) is 3.45. The third kappa shape index (κ3) is 4.00. The number of aryl methyl sites for hydroxylation is 2. The maximum atomic E-state index is 9.00. The van der Waals surface area contributed by atoms with E-state index in [1.54, 1.807) is 0 Å². The first-order chi connectivity index (χ1) is 13.1. The van der Waals surface area contributed by atoms with Crippen molar-refractivity contribution in [1.82, 2.24) is 4.57 Å². The Hall–Kier alpha value is -2.90. The highest BCUT2D eigenvalue weighted by atomic mass is 79.9. The highest BCUT2D eigenvalue weighted by Crippen LogP contribution is 2.19. The highest BCUT2D eigenvalue weighted by molar-refractivity contribution is 5.74. The van der Waals surface area contributed by atoms with E-state index in [0.717, 1.165) is 13.1 Å². The summed E-state index contributed by atoms with van der Waals surface area (Å²) >= 11 is 0. The summed E-state index contributed by atoms with van der Waals surface area (Å²) in [4.78, 5) is 0. The number of halogens is 1. The predicted octanol–water partition coefficient (Wildman–Crippen LogP) is 1.52. The average molecular weight is 432 g/mol. The van der Waals surface area contributed by atoms with Crippen LogP contribution in [0.3, 0.4) is 0 Å². The Morgan fingerprint density at radius 3 is 2.25 bits per heavy atom. The SMILES string of the molecule is Cc1cc2c(cc1C)[n+](Cc1ccccc1)cn2Cc1ccc(C#N)cc1.[Br-]. The van der Waals surface area contributed by atoms with Crippen LogP contribution < -0.4 is 21.5 Å². The molecule has 0 amide bonds. The fraction of sp³-hybridized carbons (Fsp3) is 0.167. The van der Waals surface area contributed by atoms with Crippen molar-refractivity contribution < 1.29 is 21.5 Å². The van der Waals surface area contributed by atoms with Gasteiger partial charge in [-0.2, -0.15) is 5.26 Å². The number of nitriles is 1. The Bertz CT molecular complexity index is 1140. The number of hydrogen-bond donors (Lipinski definition) is 0. The van der Waals surface area contributed by atoms with Crippen LogP contribution in [0.5, 0.6) is 0 Å². The fourth-order valence-corrected chi connectivity index (χ4v) is 3.45. The molecule has 0 aliphatic heterocycles. The monoisotopic (exact) mass is 431 g/mol. The number of hydrogen-bond acceptors (Lipinski definition) is 1. The third-order valence-electron chi connectivity index (χ3n) is 5.12. The van der Waals surface area contributed by atoms with Crippen LogP contribution in [0.1, 0.15) is 27.8 Å². The van der Waals surface area contributed by atoms with E-state index >= 15 is 0 Å². The second kappa shape index (κ2) is 8.41. The summed E-state index contributed by atoms with van der Waals surface area (Å²) in [5, 5.41) is 9.00. The van der Waals surface area contributed by atoms with Gasteiger partial charge >= 0.3 is 0 Å². The molecule has 0 bridgehead atoms. The van der Waals surface area contributed by atoms with Gasteiger partial charge in [0, 0.05) is 0 Å². The Kier molecular flexibility index (Phi) is 5.96. The molecule has 0 N–H and O–H groups in total. The van der Waals surface area contributed by atoms with Gasteiger partial charge in [0.2, 0.25) is 6.33 Å². The summed E-state index contributed by atoms with van der Waals surface area (Å²) < 4.78 is 4.62. The first-order valence-electron chi connectivity index (χ1n) is 9.16. The van der Waals surface area contributed by atoms with Crippen LogP contribution in [0.25, 0.3) is 11.0 Å². The molecule has 4 aromatic rings. The molecule has 28 heavy (non-hydrogen) atoms. The van der Waals surface area contributed by atoms with Gasteiger partial charge in [-0.05, 0) is 60.4 Å². The second-order valence-electron chi connectivity index (χ2n) is 7.09. The Labute approximate surface area is 176 Å². The molecule has 0 aliphatic rings. The van der Waals surface area contributed by atoms with E-state index in [9.17, 15) is 0 Å². The normalized spacial score (nSPS) is 10.5. The molecule has 0 unspecified atom stereocenters. The summed E-state index contributed by atoms with van der Waals surface area (Å²) in [7, 11) is 0. The number of rotatable bonds is 4. The van der Waals surface area contributed by atoms with Crippen LogP contribution in [0, 0.1) is 25.2 Å². The Morgan fingerprint density at radius 1 is 0.893 bits per heavy atom. The van der Waals surface area contributed by atoms with Gasteiger partial charge in [0.1, 0.15) is 13.1 Å². The lowest BCUT2D eigenvalue weighted by Gasteiger charge is -2.02. The molecular weight excluding hydrogens is 410 g/mol. The molecule has 140 valence electrons. The van der Waals surface area contributed by atoms with Gasteiger partial charge in [-0.25, -0.2) is 9.13 Å². The van der Waals surface area contributed by atoms with Crippen LogP contribution >= 0.6 is 0 Å². The summed E-state index contributed by atoms with van der Waals surface area (Å²) in [5.74, 6) is 0. The van der Waals surface area contributed by atoms with Crippen molar-refractivity contribution in [3.8, 4) is 6.07 Å². The van der Waals surface area contributed by atoms with Crippen molar-refractivity contribution in [2.45, 2.75) is 26.9 Å². The van der Waals surface area contributed by atoms with E-state index in [1.807, 2.05) is 24.3 Å². The van der Waals surface area contributed by atoms with E-state index in [4.69, 9.17) is 5.26 Å². The molecule has 1 heterocycles. The summed E-state index contributed by atoms with van der Waals surface area (Å²) in [5.41, 5.74) is 8.26. The van der Waals surface area contributed by atoms with E-state index < -0.39 is 0 Å². The lowest BCUT2D eigenvalue weighted by Crippen LogP contribution is -3.00. The molecule has 0 saturated carbocycles. The first-order valence-corrected chi connectivity index (χ1v) is 9.16. The molecule has 1 aromatic heterocycles. The molecule has 0 fully saturated rings. The molecule has 3 nitrogen and oxygen atoms in total. The van der Waals surface area contributed by atoms with Crippen molar-refractivity contribution in [1.29, 1.82) is 5.26 Å². The van der Waals surface area contributed by atoms with Crippen molar-refractivity contribution >= 4 is 11.0 Å². The summed E-state index contributed by atoms with van der Waals surface area (Å²) in [6.07, 6.45) is 2.20. The number of benzene rings is 3. The summed E-state index contributed by atoms with van der Waals surface area (Å²) in [6.45, 7) is 5.96. The molecule has 0 aliphatic carbocycles. The van der Waals surface area contributed by atoms with Crippen LogP contribution in [0.2, 0.25) is 0 Å². The molecule has 0 atom stereocenters. The average Bonchev–Trinajstić information content (AvgIpc) is 3.00. The minimum Gasteiger partial charge on any atom is -1.00 e. The maximum Gasteiger partial charge on any atom is 0.245 e. The number of nitrogens with zero attached hydrogens (tertiary/aromatic N) is 3. The Morgan fingerprint density at radius 2 is 1.57 bits per heavy atom.